The topological polar surface area (TPSA) is 77.2 Å². The molecule has 6 nitrogen and oxygen atoms in total. The summed E-state index contributed by atoms with van der Waals surface area (Å²) in [5.41, 5.74) is 1.49. The first-order valence-corrected chi connectivity index (χ1v) is 9.71. The van der Waals surface area contributed by atoms with Crippen LogP contribution in [0.4, 0.5) is 0 Å². The predicted octanol–water partition coefficient (Wildman–Crippen LogP) is 4.17. The van der Waals surface area contributed by atoms with E-state index in [1.54, 1.807) is 13.0 Å². The Bertz CT molecular complexity index is 1010. The Kier molecular flexibility index (Phi) is 5.42. The van der Waals surface area contributed by atoms with Gasteiger partial charge in [-0.3, -0.25) is 4.79 Å². The van der Waals surface area contributed by atoms with E-state index in [1.807, 2.05) is 54.6 Å². The van der Waals surface area contributed by atoms with Crippen LogP contribution >= 0.6 is 0 Å². The fraction of sp³-hybridized carbons (Fsp3) is 0.261. The lowest BCUT2D eigenvalue weighted by molar-refractivity contribution is -0.119. The van der Waals surface area contributed by atoms with E-state index < -0.39 is 5.54 Å². The molecule has 148 valence electrons. The second-order valence-corrected chi connectivity index (χ2v) is 7.24. The number of nitrogens with one attached hydrogen (secondary N) is 1. The highest BCUT2D eigenvalue weighted by Gasteiger charge is 2.43. The predicted molar refractivity (Wildman–Crippen MR) is 109 cm³/mol. The standard InChI is InChI=1S/C23H23N3O3/c1-17-24-22(26-29-17)23(13-6-14-23)25-21(27)12-11-18-9-5-10-20(15-18)28-16-19-7-3-2-4-8-19/h2-5,7-12,15H,6,13-14,16H2,1H3,(H,25,27)/b12-11+. The summed E-state index contributed by atoms with van der Waals surface area (Å²) >= 11 is 0. The summed E-state index contributed by atoms with van der Waals surface area (Å²) in [7, 11) is 0. The maximum absolute atomic E-state index is 12.5. The molecule has 6 heteroatoms. The van der Waals surface area contributed by atoms with E-state index in [2.05, 4.69) is 15.5 Å². The van der Waals surface area contributed by atoms with Gasteiger partial charge in [-0.1, -0.05) is 47.6 Å². The summed E-state index contributed by atoms with van der Waals surface area (Å²) in [5, 5.41) is 7.05. The lowest BCUT2D eigenvalue weighted by atomic mass is 9.76. The minimum atomic E-state index is -0.514. The van der Waals surface area contributed by atoms with E-state index in [4.69, 9.17) is 9.26 Å². The summed E-state index contributed by atoms with van der Waals surface area (Å²) < 4.78 is 10.9. The van der Waals surface area contributed by atoms with Crippen LogP contribution in [-0.2, 0) is 16.9 Å². The molecule has 0 aliphatic heterocycles. The minimum absolute atomic E-state index is 0.178. The molecule has 2 aromatic carbocycles. The zero-order valence-electron chi connectivity index (χ0n) is 16.3. The number of ether oxygens (including phenoxy) is 1. The van der Waals surface area contributed by atoms with Crippen LogP contribution in [0.5, 0.6) is 5.75 Å². The molecule has 0 radical (unpaired) electrons. The van der Waals surface area contributed by atoms with Gasteiger partial charge >= 0.3 is 0 Å². The number of aromatic nitrogens is 2. The third-order valence-electron chi connectivity index (χ3n) is 5.06. The number of hydrogen-bond acceptors (Lipinski definition) is 5. The maximum Gasteiger partial charge on any atom is 0.244 e. The number of amides is 1. The van der Waals surface area contributed by atoms with E-state index in [0.29, 0.717) is 18.3 Å². The van der Waals surface area contributed by atoms with Gasteiger partial charge < -0.3 is 14.6 Å². The van der Waals surface area contributed by atoms with E-state index in [9.17, 15) is 4.79 Å². The molecule has 29 heavy (non-hydrogen) atoms. The molecule has 1 fully saturated rings. The largest absolute Gasteiger partial charge is 0.489 e. The Morgan fingerprint density at radius 2 is 2.03 bits per heavy atom. The van der Waals surface area contributed by atoms with Crippen LogP contribution in [-0.4, -0.2) is 16.0 Å². The Morgan fingerprint density at radius 3 is 2.72 bits per heavy atom. The van der Waals surface area contributed by atoms with Crippen molar-refractivity contribution in [3.63, 3.8) is 0 Å². The number of aryl methyl sites for hydroxylation is 1. The van der Waals surface area contributed by atoms with Crippen molar-refractivity contribution in [3.05, 3.63) is 83.5 Å². The molecule has 1 heterocycles. The summed E-state index contributed by atoms with van der Waals surface area (Å²) in [5.74, 6) is 1.64. The summed E-state index contributed by atoms with van der Waals surface area (Å²) in [6.07, 6.45) is 5.96. The molecule has 0 bridgehead atoms. The second kappa shape index (κ2) is 8.31. The van der Waals surface area contributed by atoms with Crippen LogP contribution in [0.3, 0.4) is 0 Å². The molecule has 1 aliphatic carbocycles. The quantitative estimate of drug-likeness (QED) is 0.614. The van der Waals surface area contributed by atoms with E-state index in [0.717, 1.165) is 36.1 Å². The van der Waals surface area contributed by atoms with Gasteiger partial charge in [-0.2, -0.15) is 4.98 Å². The van der Waals surface area contributed by atoms with Gasteiger partial charge in [0.05, 0.1) is 0 Å². The van der Waals surface area contributed by atoms with Crippen molar-refractivity contribution >= 4 is 12.0 Å². The van der Waals surface area contributed by atoms with E-state index in [-0.39, 0.29) is 5.91 Å². The third kappa shape index (κ3) is 4.54. The van der Waals surface area contributed by atoms with Crippen LogP contribution in [0, 0.1) is 6.92 Å². The van der Waals surface area contributed by atoms with Crippen LogP contribution in [0.2, 0.25) is 0 Å². The SMILES string of the molecule is Cc1nc(C2(NC(=O)/C=C/c3cccc(OCc4ccccc4)c3)CCC2)no1. The van der Waals surface area contributed by atoms with Crippen molar-refractivity contribution in [1.82, 2.24) is 15.5 Å². The normalized spacial score (nSPS) is 15.1. The number of benzene rings is 2. The third-order valence-corrected chi connectivity index (χ3v) is 5.06. The average Bonchev–Trinajstić information content (AvgIpc) is 3.15. The van der Waals surface area contributed by atoms with E-state index >= 15 is 0 Å². The lowest BCUT2D eigenvalue weighted by Crippen LogP contribution is -2.51. The first-order valence-electron chi connectivity index (χ1n) is 9.71. The smallest absolute Gasteiger partial charge is 0.244 e. The highest BCUT2D eigenvalue weighted by Crippen LogP contribution is 2.39. The van der Waals surface area contributed by atoms with Gasteiger partial charge in [-0.05, 0) is 48.6 Å². The van der Waals surface area contributed by atoms with Crippen LogP contribution in [0.1, 0.15) is 42.1 Å². The second-order valence-electron chi connectivity index (χ2n) is 7.24. The molecule has 4 rings (SSSR count). The molecule has 1 N–H and O–H groups in total. The Labute approximate surface area is 169 Å². The van der Waals surface area contributed by atoms with Crippen molar-refractivity contribution in [3.8, 4) is 5.75 Å². The van der Waals surface area contributed by atoms with Crippen molar-refractivity contribution in [2.75, 3.05) is 0 Å². The summed E-state index contributed by atoms with van der Waals surface area (Å²) in [6.45, 7) is 2.25. The minimum Gasteiger partial charge on any atom is -0.489 e. The van der Waals surface area contributed by atoms with Gasteiger partial charge in [0.2, 0.25) is 11.8 Å². The van der Waals surface area contributed by atoms with Crippen LogP contribution in [0.15, 0.2) is 65.2 Å². The molecule has 1 amide bonds. The Balaban J connectivity index is 1.38. The van der Waals surface area contributed by atoms with Gasteiger partial charge in [0, 0.05) is 13.0 Å². The number of nitrogens with zero attached hydrogens (tertiary/aromatic N) is 2. The Morgan fingerprint density at radius 1 is 1.21 bits per heavy atom. The van der Waals surface area contributed by atoms with Gasteiger partial charge in [-0.15, -0.1) is 0 Å². The highest BCUT2D eigenvalue weighted by molar-refractivity contribution is 5.92. The molecule has 0 saturated heterocycles. The van der Waals surface area contributed by atoms with E-state index in [1.165, 1.54) is 6.08 Å². The molecule has 0 spiro atoms. The van der Waals surface area contributed by atoms with Crippen molar-refractivity contribution in [2.24, 2.45) is 0 Å². The number of carbonyl (C=O) groups is 1. The summed E-state index contributed by atoms with van der Waals surface area (Å²) in [6, 6.07) is 17.7. The fourth-order valence-electron chi connectivity index (χ4n) is 3.33. The lowest BCUT2D eigenvalue weighted by Gasteiger charge is -2.39. The first kappa shape index (κ1) is 18.9. The first-order chi connectivity index (χ1) is 14.1. The summed E-state index contributed by atoms with van der Waals surface area (Å²) in [4.78, 5) is 16.8. The number of carbonyl (C=O) groups excluding carboxylic acids is 1. The molecule has 1 aromatic heterocycles. The molecule has 3 aromatic rings. The number of rotatable bonds is 7. The van der Waals surface area contributed by atoms with Crippen LogP contribution in [0.25, 0.3) is 6.08 Å². The zero-order chi connectivity index (χ0) is 20.1. The van der Waals surface area contributed by atoms with Gasteiger partial charge in [0.25, 0.3) is 0 Å². The molecule has 0 unspecified atom stereocenters. The van der Waals surface area contributed by atoms with Gasteiger partial charge in [0.1, 0.15) is 17.9 Å². The maximum atomic E-state index is 12.5. The fourth-order valence-corrected chi connectivity index (χ4v) is 3.33. The highest BCUT2D eigenvalue weighted by atomic mass is 16.5. The molecular weight excluding hydrogens is 366 g/mol. The molecule has 1 aliphatic rings. The van der Waals surface area contributed by atoms with Gasteiger partial charge in [0.15, 0.2) is 5.82 Å². The zero-order valence-corrected chi connectivity index (χ0v) is 16.3. The van der Waals surface area contributed by atoms with Crippen molar-refractivity contribution in [1.29, 1.82) is 0 Å². The number of hydrogen-bond donors (Lipinski definition) is 1. The van der Waals surface area contributed by atoms with Crippen molar-refractivity contribution in [2.45, 2.75) is 38.3 Å². The average molecular weight is 389 g/mol. The van der Waals surface area contributed by atoms with Gasteiger partial charge in [-0.25, -0.2) is 0 Å². The monoisotopic (exact) mass is 389 g/mol. The van der Waals surface area contributed by atoms with Crippen molar-refractivity contribution < 1.29 is 14.1 Å². The Hall–Kier alpha value is -3.41. The molecule has 0 atom stereocenters. The molecule has 1 saturated carbocycles. The molecular formula is C23H23N3O3. The van der Waals surface area contributed by atoms with Crippen LogP contribution < -0.4 is 10.1 Å².